The van der Waals surface area contributed by atoms with Gasteiger partial charge in [-0.3, -0.25) is 4.79 Å². The lowest BCUT2D eigenvalue weighted by molar-refractivity contribution is 0.102. The number of nitrogens with one attached hydrogen (secondary N) is 2. The fraction of sp³-hybridized carbons (Fsp3) is 0. The van der Waals surface area contributed by atoms with E-state index >= 15 is 0 Å². The molecule has 2 aromatic rings. The summed E-state index contributed by atoms with van der Waals surface area (Å²) in [5.74, 6) is -0.325. The van der Waals surface area contributed by atoms with E-state index in [0.717, 1.165) is 0 Å². The summed E-state index contributed by atoms with van der Waals surface area (Å²) >= 11 is 0. The fourth-order valence-corrected chi connectivity index (χ4v) is 1.12. The Hall–Kier alpha value is -2.37. The summed E-state index contributed by atoms with van der Waals surface area (Å²) in [5, 5.41) is 12.2. The summed E-state index contributed by atoms with van der Waals surface area (Å²) in [5.41, 5.74) is 7.02. The molecule has 76 valence electrons. The average Bonchev–Trinajstić information content (AvgIpc) is 2.70. The van der Waals surface area contributed by atoms with Crippen LogP contribution in [0.3, 0.4) is 0 Å². The first kappa shape index (κ1) is 9.20. The molecule has 0 radical (unpaired) electrons. The van der Waals surface area contributed by atoms with Crippen LogP contribution in [-0.4, -0.2) is 21.3 Å². The Labute approximate surface area is 85.5 Å². The first-order valence-corrected chi connectivity index (χ1v) is 4.28. The zero-order valence-electron chi connectivity index (χ0n) is 7.77. The number of benzene rings is 1. The highest BCUT2D eigenvalue weighted by Gasteiger charge is 2.08. The molecule has 1 aromatic carbocycles. The summed E-state index contributed by atoms with van der Waals surface area (Å²) < 4.78 is 0. The number of hydrogen-bond acceptors (Lipinski definition) is 4. The fourth-order valence-electron chi connectivity index (χ4n) is 1.12. The van der Waals surface area contributed by atoms with Gasteiger partial charge in [0.2, 0.25) is 0 Å². The molecular weight excluding hydrogens is 194 g/mol. The third kappa shape index (κ3) is 2.11. The monoisotopic (exact) mass is 203 g/mol. The Kier molecular flexibility index (Phi) is 2.32. The second-order valence-electron chi connectivity index (χ2n) is 2.93. The molecule has 0 unspecified atom stereocenters. The van der Waals surface area contributed by atoms with E-state index in [9.17, 15) is 4.79 Å². The smallest absolute Gasteiger partial charge is 0.277 e. The second-order valence-corrected chi connectivity index (χ2v) is 2.93. The number of aromatic nitrogens is 3. The van der Waals surface area contributed by atoms with Crippen molar-refractivity contribution in [3.8, 4) is 0 Å². The molecule has 0 aliphatic rings. The van der Waals surface area contributed by atoms with E-state index in [-0.39, 0.29) is 11.6 Å². The molecule has 0 atom stereocenters. The van der Waals surface area contributed by atoms with Crippen molar-refractivity contribution in [2.45, 2.75) is 0 Å². The molecule has 0 fully saturated rings. The minimum atomic E-state index is -0.325. The molecule has 6 nitrogen and oxygen atoms in total. The van der Waals surface area contributed by atoms with E-state index in [0.29, 0.717) is 11.4 Å². The van der Waals surface area contributed by atoms with Crippen LogP contribution in [0.15, 0.2) is 30.5 Å². The minimum Gasteiger partial charge on any atom is -0.399 e. The predicted molar refractivity (Wildman–Crippen MR) is 55.2 cm³/mol. The van der Waals surface area contributed by atoms with E-state index in [1.165, 1.54) is 6.20 Å². The number of aromatic amines is 1. The van der Waals surface area contributed by atoms with E-state index in [4.69, 9.17) is 5.73 Å². The molecular formula is C9H9N5O. The van der Waals surface area contributed by atoms with Gasteiger partial charge in [0, 0.05) is 11.4 Å². The number of hydrogen-bond donors (Lipinski definition) is 3. The Bertz CT molecular complexity index is 465. The van der Waals surface area contributed by atoms with E-state index in [1.54, 1.807) is 24.3 Å². The molecule has 2 rings (SSSR count). The van der Waals surface area contributed by atoms with Gasteiger partial charge in [0.25, 0.3) is 5.91 Å². The van der Waals surface area contributed by atoms with Crippen molar-refractivity contribution in [2.75, 3.05) is 11.1 Å². The lowest BCUT2D eigenvalue weighted by Gasteiger charge is -2.02. The van der Waals surface area contributed by atoms with Crippen LogP contribution in [0, 0.1) is 0 Å². The van der Waals surface area contributed by atoms with Gasteiger partial charge in [-0.2, -0.15) is 15.4 Å². The van der Waals surface area contributed by atoms with Gasteiger partial charge in [-0.1, -0.05) is 6.07 Å². The van der Waals surface area contributed by atoms with E-state index in [2.05, 4.69) is 20.7 Å². The topological polar surface area (TPSA) is 96.7 Å². The third-order valence-electron chi connectivity index (χ3n) is 1.79. The van der Waals surface area contributed by atoms with Crippen molar-refractivity contribution in [1.29, 1.82) is 0 Å². The number of carbonyl (C=O) groups is 1. The van der Waals surface area contributed by atoms with Crippen LogP contribution in [0.4, 0.5) is 11.4 Å². The number of nitrogen functional groups attached to an aromatic ring is 1. The maximum atomic E-state index is 11.5. The standard InChI is InChI=1S/C9H9N5O/c10-6-2-1-3-7(4-6)12-9(15)8-5-11-14-13-8/h1-5H,10H2,(H,12,15)(H,11,13,14). The zero-order chi connectivity index (χ0) is 10.7. The lowest BCUT2D eigenvalue weighted by Crippen LogP contribution is -2.12. The molecule has 0 aliphatic heterocycles. The van der Waals surface area contributed by atoms with Gasteiger partial charge in [0.1, 0.15) is 0 Å². The molecule has 0 aliphatic carbocycles. The average molecular weight is 203 g/mol. The Morgan fingerprint density at radius 3 is 3.00 bits per heavy atom. The van der Waals surface area contributed by atoms with Gasteiger partial charge in [0.05, 0.1) is 6.20 Å². The summed E-state index contributed by atoms with van der Waals surface area (Å²) in [6.45, 7) is 0. The van der Waals surface area contributed by atoms with Crippen LogP contribution < -0.4 is 11.1 Å². The summed E-state index contributed by atoms with van der Waals surface area (Å²) in [6.07, 6.45) is 1.35. The third-order valence-corrected chi connectivity index (χ3v) is 1.79. The van der Waals surface area contributed by atoms with E-state index in [1.807, 2.05) is 0 Å². The normalized spacial score (nSPS) is 9.87. The van der Waals surface area contributed by atoms with Crippen molar-refractivity contribution in [3.63, 3.8) is 0 Å². The number of anilines is 2. The van der Waals surface area contributed by atoms with Crippen LogP contribution in [0.25, 0.3) is 0 Å². The van der Waals surface area contributed by atoms with Crippen molar-refractivity contribution in [2.24, 2.45) is 0 Å². The van der Waals surface area contributed by atoms with Crippen molar-refractivity contribution >= 4 is 17.3 Å². The summed E-state index contributed by atoms with van der Waals surface area (Å²) in [6, 6.07) is 6.91. The van der Waals surface area contributed by atoms with Crippen LogP contribution in [0.5, 0.6) is 0 Å². The Morgan fingerprint density at radius 2 is 2.33 bits per heavy atom. The predicted octanol–water partition coefficient (Wildman–Crippen LogP) is 0.639. The molecule has 15 heavy (non-hydrogen) atoms. The molecule has 1 heterocycles. The quantitative estimate of drug-likeness (QED) is 0.624. The van der Waals surface area contributed by atoms with Crippen LogP contribution >= 0.6 is 0 Å². The van der Waals surface area contributed by atoms with Crippen LogP contribution in [-0.2, 0) is 0 Å². The molecule has 0 saturated heterocycles. The number of nitrogens with two attached hydrogens (primary N) is 1. The summed E-state index contributed by atoms with van der Waals surface area (Å²) in [4.78, 5) is 11.5. The molecule has 0 bridgehead atoms. The van der Waals surface area contributed by atoms with Gasteiger partial charge >= 0.3 is 0 Å². The number of carbonyl (C=O) groups excluding carboxylic acids is 1. The largest absolute Gasteiger partial charge is 0.399 e. The second kappa shape index (κ2) is 3.79. The highest BCUT2D eigenvalue weighted by molar-refractivity contribution is 6.02. The highest BCUT2D eigenvalue weighted by atomic mass is 16.2. The van der Waals surface area contributed by atoms with Crippen molar-refractivity contribution in [1.82, 2.24) is 15.4 Å². The summed E-state index contributed by atoms with van der Waals surface area (Å²) in [7, 11) is 0. The molecule has 4 N–H and O–H groups in total. The first-order valence-electron chi connectivity index (χ1n) is 4.28. The van der Waals surface area contributed by atoms with E-state index < -0.39 is 0 Å². The number of amides is 1. The number of rotatable bonds is 2. The molecule has 1 amide bonds. The Morgan fingerprint density at radius 1 is 1.47 bits per heavy atom. The van der Waals surface area contributed by atoms with Gasteiger partial charge in [-0.05, 0) is 18.2 Å². The first-order chi connectivity index (χ1) is 7.25. The SMILES string of the molecule is Nc1cccc(NC(=O)c2cn[nH]n2)c1. The molecule has 0 saturated carbocycles. The maximum absolute atomic E-state index is 11.5. The zero-order valence-corrected chi connectivity index (χ0v) is 7.77. The van der Waals surface area contributed by atoms with Crippen LogP contribution in [0.1, 0.15) is 10.5 Å². The molecule has 1 aromatic heterocycles. The van der Waals surface area contributed by atoms with Crippen LogP contribution in [0.2, 0.25) is 0 Å². The molecule has 6 heteroatoms. The highest BCUT2D eigenvalue weighted by Crippen LogP contribution is 2.12. The maximum Gasteiger partial charge on any atom is 0.277 e. The van der Waals surface area contributed by atoms with Gasteiger partial charge in [0.15, 0.2) is 5.69 Å². The lowest BCUT2D eigenvalue weighted by atomic mass is 10.3. The van der Waals surface area contributed by atoms with Gasteiger partial charge < -0.3 is 11.1 Å². The van der Waals surface area contributed by atoms with Crippen molar-refractivity contribution < 1.29 is 4.79 Å². The number of nitrogens with zero attached hydrogens (tertiary/aromatic N) is 2. The van der Waals surface area contributed by atoms with Gasteiger partial charge in [-0.25, -0.2) is 0 Å². The minimum absolute atomic E-state index is 0.234. The van der Waals surface area contributed by atoms with Crippen molar-refractivity contribution in [3.05, 3.63) is 36.2 Å². The molecule has 0 spiro atoms. The van der Waals surface area contributed by atoms with Gasteiger partial charge in [-0.15, -0.1) is 0 Å². The Balaban J connectivity index is 2.13. The number of H-pyrrole nitrogens is 1.